The summed E-state index contributed by atoms with van der Waals surface area (Å²) in [5.41, 5.74) is 2.54. The molecule has 3 heteroatoms. The lowest BCUT2D eigenvalue weighted by molar-refractivity contribution is 0.357. The smallest absolute Gasteiger partial charge is 0.143 e. The summed E-state index contributed by atoms with van der Waals surface area (Å²) in [6.07, 6.45) is 1.16. The molecule has 0 bridgehead atoms. The molecule has 2 nitrogen and oxygen atoms in total. The Morgan fingerprint density at radius 2 is 2.31 bits per heavy atom. The van der Waals surface area contributed by atoms with Crippen molar-refractivity contribution in [3.63, 3.8) is 0 Å². The lowest BCUT2D eigenvalue weighted by atomic mass is 9.86. The minimum atomic E-state index is 0.215. The number of fused-ring (bicyclic) bond motifs is 1. The molecule has 1 aromatic heterocycles. The molecule has 1 aromatic rings. The molecule has 13 heavy (non-hydrogen) atoms. The van der Waals surface area contributed by atoms with Crippen LogP contribution in [0.2, 0.25) is 0 Å². The van der Waals surface area contributed by atoms with Crippen molar-refractivity contribution < 1.29 is 4.52 Å². The van der Waals surface area contributed by atoms with Gasteiger partial charge in [-0.2, -0.15) is 12.6 Å². The molecule has 72 valence electrons. The van der Waals surface area contributed by atoms with Crippen LogP contribution in [0.5, 0.6) is 0 Å². The van der Waals surface area contributed by atoms with Gasteiger partial charge in [0.1, 0.15) is 5.76 Å². The van der Waals surface area contributed by atoms with E-state index in [-0.39, 0.29) is 5.41 Å². The van der Waals surface area contributed by atoms with Gasteiger partial charge in [-0.05, 0) is 11.8 Å². The van der Waals surface area contributed by atoms with E-state index in [1.54, 1.807) is 0 Å². The number of nitrogens with zero attached hydrogens (tertiary/aromatic N) is 1. The van der Waals surface area contributed by atoms with E-state index in [9.17, 15) is 0 Å². The number of hydrogen-bond donors (Lipinski definition) is 1. The first kappa shape index (κ1) is 9.13. The van der Waals surface area contributed by atoms with Gasteiger partial charge in [-0.15, -0.1) is 0 Å². The van der Waals surface area contributed by atoms with Crippen molar-refractivity contribution in [2.24, 2.45) is 0 Å². The van der Waals surface area contributed by atoms with Gasteiger partial charge in [0.05, 0.1) is 5.69 Å². The molecule has 0 aliphatic heterocycles. The third-order valence-electron chi connectivity index (χ3n) is 2.88. The molecule has 0 fully saturated rings. The second-order valence-electron chi connectivity index (χ2n) is 4.52. The summed E-state index contributed by atoms with van der Waals surface area (Å²) < 4.78 is 5.35. The summed E-state index contributed by atoms with van der Waals surface area (Å²) in [5, 5.41) is 4.05. The Labute approximate surface area is 84.1 Å². The van der Waals surface area contributed by atoms with Crippen molar-refractivity contribution >= 4 is 12.6 Å². The molecule has 0 N–H and O–H groups in total. The van der Waals surface area contributed by atoms with Crippen molar-refractivity contribution in [1.82, 2.24) is 5.16 Å². The molecule has 0 radical (unpaired) electrons. The fourth-order valence-corrected chi connectivity index (χ4v) is 2.68. The lowest BCUT2D eigenvalue weighted by Gasteiger charge is -2.18. The molecule has 0 saturated carbocycles. The molecule has 1 atom stereocenters. The zero-order chi connectivity index (χ0) is 9.64. The topological polar surface area (TPSA) is 26.0 Å². The van der Waals surface area contributed by atoms with Gasteiger partial charge in [-0.1, -0.05) is 25.9 Å². The fourth-order valence-electron chi connectivity index (χ4n) is 2.47. The molecule has 0 amide bonds. The zero-order valence-electron chi connectivity index (χ0n) is 8.29. The maximum absolute atomic E-state index is 5.35. The Morgan fingerprint density at radius 3 is 2.92 bits per heavy atom. The van der Waals surface area contributed by atoms with Crippen LogP contribution in [0.25, 0.3) is 0 Å². The van der Waals surface area contributed by atoms with Crippen LogP contribution in [-0.4, -0.2) is 5.16 Å². The zero-order valence-corrected chi connectivity index (χ0v) is 9.19. The summed E-state index contributed by atoms with van der Waals surface area (Å²) in [6.45, 7) is 6.69. The fraction of sp³-hybridized carbons (Fsp3) is 0.700. The normalized spacial score (nSPS) is 24.8. The predicted octanol–water partition coefficient (Wildman–Crippen LogP) is 2.89. The number of thiol groups is 1. The van der Waals surface area contributed by atoms with Crippen molar-refractivity contribution in [3.05, 3.63) is 17.0 Å². The van der Waals surface area contributed by atoms with E-state index < -0.39 is 0 Å². The number of hydrogen-bond acceptors (Lipinski definition) is 3. The molecular formula is C10H15NOS. The van der Waals surface area contributed by atoms with E-state index in [0.717, 1.165) is 17.9 Å². The van der Waals surface area contributed by atoms with Crippen LogP contribution in [0.4, 0.5) is 0 Å². The predicted molar refractivity (Wildman–Crippen MR) is 55.3 cm³/mol. The molecule has 0 saturated heterocycles. The molecule has 1 aliphatic carbocycles. The van der Waals surface area contributed by atoms with E-state index in [0.29, 0.717) is 11.7 Å². The number of rotatable bonds is 1. The van der Waals surface area contributed by atoms with Crippen LogP contribution in [0.1, 0.15) is 50.1 Å². The van der Waals surface area contributed by atoms with Crippen LogP contribution in [-0.2, 0) is 11.2 Å². The molecular weight excluding hydrogens is 182 g/mol. The average Bonchev–Trinajstić information content (AvgIpc) is 2.53. The third kappa shape index (κ3) is 1.21. The van der Waals surface area contributed by atoms with E-state index in [1.807, 2.05) is 0 Å². The molecule has 0 aromatic carbocycles. The first-order valence-corrected chi connectivity index (χ1v) is 5.29. The standard InChI is InChI=1S/C10H15NOS/c1-6-4-10(2,3)8-7(5-13)11-12-9(6)8/h6,13H,4-5H2,1-3H3. The summed E-state index contributed by atoms with van der Waals surface area (Å²) >= 11 is 4.26. The minimum absolute atomic E-state index is 0.215. The molecule has 1 heterocycles. The minimum Gasteiger partial charge on any atom is -0.361 e. The van der Waals surface area contributed by atoms with Gasteiger partial charge >= 0.3 is 0 Å². The van der Waals surface area contributed by atoms with Gasteiger partial charge < -0.3 is 4.52 Å². The first-order valence-electron chi connectivity index (χ1n) is 4.66. The van der Waals surface area contributed by atoms with Crippen molar-refractivity contribution in [2.45, 2.75) is 44.3 Å². The Hall–Kier alpha value is -0.440. The lowest BCUT2D eigenvalue weighted by Crippen LogP contribution is -2.13. The van der Waals surface area contributed by atoms with Crippen LogP contribution in [0.3, 0.4) is 0 Å². The van der Waals surface area contributed by atoms with E-state index in [1.165, 1.54) is 5.56 Å². The summed E-state index contributed by atoms with van der Waals surface area (Å²) in [5.74, 6) is 2.26. The van der Waals surface area contributed by atoms with Crippen LogP contribution < -0.4 is 0 Å². The third-order valence-corrected chi connectivity index (χ3v) is 3.18. The summed E-state index contributed by atoms with van der Waals surface area (Å²) in [6, 6.07) is 0. The Morgan fingerprint density at radius 1 is 1.62 bits per heavy atom. The van der Waals surface area contributed by atoms with Gasteiger partial charge in [-0.25, -0.2) is 0 Å². The Kier molecular flexibility index (Phi) is 1.95. The highest BCUT2D eigenvalue weighted by Gasteiger charge is 2.40. The van der Waals surface area contributed by atoms with Crippen molar-refractivity contribution in [1.29, 1.82) is 0 Å². The summed E-state index contributed by atoms with van der Waals surface area (Å²) in [4.78, 5) is 0. The quantitative estimate of drug-likeness (QED) is 0.700. The second-order valence-corrected chi connectivity index (χ2v) is 4.83. The maximum Gasteiger partial charge on any atom is 0.143 e. The van der Waals surface area contributed by atoms with Gasteiger partial charge in [0.25, 0.3) is 0 Å². The van der Waals surface area contributed by atoms with Crippen LogP contribution >= 0.6 is 12.6 Å². The second kappa shape index (κ2) is 2.77. The molecule has 1 aliphatic rings. The van der Waals surface area contributed by atoms with Crippen molar-refractivity contribution in [2.75, 3.05) is 0 Å². The van der Waals surface area contributed by atoms with E-state index in [4.69, 9.17) is 4.52 Å². The summed E-state index contributed by atoms with van der Waals surface area (Å²) in [7, 11) is 0. The maximum atomic E-state index is 5.35. The molecule has 2 rings (SSSR count). The van der Waals surface area contributed by atoms with E-state index >= 15 is 0 Å². The van der Waals surface area contributed by atoms with Gasteiger partial charge in [0, 0.05) is 17.2 Å². The highest BCUT2D eigenvalue weighted by atomic mass is 32.1. The SMILES string of the molecule is CC1CC(C)(C)c2c(CS)noc21. The Bertz CT molecular complexity index is 330. The average molecular weight is 197 g/mol. The highest BCUT2D eigenvalue weighted by molar-refractivity contribution is 7.79. The van der Waals surface area contributed by atoms with Gasteiger partial charge in [0.15, 0.2) is 0 Å². The highest BCUT2D eigenvalue weighted by Crippen LogP contribution is 2.47. The first-order chi connectivity index (χ1) is 6.06. The Balaban J connectivity index is 2.56. The van der Waals surface area contributed by atoms with E-state index in [2.05, 4.69) is 38.6 Å². The van der Waals surface area contributed by atoms with Crippen molar-refractivity contribution in [3.8, 4) is 0 Å². The monoisotopic (exact) mass is 197 g/mol. The van der Waals surface area contributed by atoms with Crippen LogP contribution in [0.15, 0.2) is 4.52 Å². The molecule has 1 unspecified atom stereocenters. The van der Waals surface area contributed by atoms with Crippen LogP contribution in [0, 0.1) is 0 Å². The molecule has 0 spiro atoms. The largest absolute Gasteiger partial charge is 0.361 e. The van der Waals surface area contributed by atoms with Gasteiger partial charge in [0.2, 0.25) is 0 Å². The number of aromatic nitrogens is 1. The van der Waals surface area contributed by atoms with Gasteiger partial charge in [-0.3, -0.25) is 0 Å².